The number of aryl methyl sites for hydroxylation is 1. The second-order valence-electron chi connectivity index (χ2n) is 8.54. The zero-order valence-electron chi connectivity index (χ0n) is 18.0. The van der Waals surface area contributed by atoms with Crippen LogP contribution in [0.15, 0.2) is 10.4 Å². The van der Waals surface area contributed by atoms with E-state index in [-0.39, 0.29) is 18.9 Å². The highest BCUT2D eigenvalue weighted by atomic mass is 32.1. The lowest BCUT2D eigenvalue weighted by molar-refractivity contribution is -0.183. The Kier molecular flexibility index (Phi) is 8.39. The molecule has 1 saturated carbocycles. The number of nitrogens with zero attached hydrogens (tertiary/aromatic N) is 3. The maximum absolute atomic E-state index is 13.1. The number of piperidine rings is 1. The lowest BCUT2D eigenvalue weighted by Gasteiger charge is -2.32. The number of aliphatic imine (C=N–C) groups is 1. The molecular weight excluding hydrogens is 411 g/mol. The first-order chi connectivity index (χ1) is 14.3. The minimum atomic E-state index is -4.10. The fourth-order valence-electron chi connectivity index (χ4n) is 4.39. The van der Waals surface area contributed by atoms with E-state index >= 15 is 0 Å². The summed E-state index contributed by atoms with van der Waals surface area (Å²) in [5, 5.41) is 9.71. The molecule has 1 aromatic heterocycles. The molecule has 1 aromatic rings. The number of likely N-dealkylation sites (tertiary alicyclic amines) is 1. The fraction of sp³-hybridized carbons (Fsp3) is 0.810. The first kappa shape index (κ1) is 23.3. The minimum absolute atomic E-state index is 0.141. The zero-order valence-corrected chi connectivity index (χ0v) is 18.8. The molecule has 0 amide bonds. The molecule has 5 nitrogen and oxygen atoms in total. The summed E-state index contributed by atoms with van der Waals surface area (Å²) in [5.74, 6) is -0.0219. The molecule has 2 N–H and O–H groups in total. The molecule has 30 heavy (non-hydrogen) atoms. The quantitative estimate of drug-likeness (QED) is 0.505. The third kappa shape index (κ3) is 7.11. The third-order valence-corrected chi connectivity index (χ3v) is 6.91. The van der Waals surface area contributed by atoms with Crippen molar-refractivity contribution in [2.24, 2.45) is 16.8 Å². The smallest absolute Gasteiger partial charge is 0.357 e. The molecule has 170 valence electrons. The van der Waals surface area contributed by atoms with Gasteiger partial charge in [0.1, 0.15) is 0 Å². The Morgan fingerprint density at radius 3 is 2.67 bits per heavy atom. The number of halogens is 3. The standard InChI is InChI=1S/C21H34F3N5S/c1-3-25-20(28-18-6-4-5-17(11-18)21(22,23)24)26-12-16-7-9-29(10-8-16)13-19-14-30-15(2)27-19/h14,16-18H,3-13H2,1-2H3,(H2,25,26,28). The minimum Gasteiger partial charge on any atom is -0.357 e. The maximum atomic E-state index is 13.1. The van der Waals surface area contributed by atoms with Crippen molar-refractivity contribution < 1.29 is 13.2 Å². The fourth-order valence-corrected chi connectivity index (χ4v) is 4.99. The highest BCUT2D eigenvalue weighted by Gasteiger charge is 2.42. The summed E-state index contributed by atoms with van der Waals surface area (Å²) < 4.78 is 39.2. The molecule has 2 fully saturated rings. The SMILES string of the molecule is CCNC(=NCC1CCN(Cc2csc(C)n2)CC1)NC1CCCC(C(F)(F)F)C1. The van der Waals surface area contributed by atoms with Crippen molar-refractivity contribution in [1.82, 2.24) is 20.5 Å². The summed E-state index contributed by atoms with van der Waals surface area (Å²) in [6.07, 6.45) is -0.154. The van der Waals surface area contributed by atoms with Crippen LogP contribution in [-0.4, -0.2) is 54.2 Å². The van der Waals surface area contributed by atoms with E-state index in [4.69, 9.17) is 4.99 Å². The molecular formula is C21H34F3N5S. The molecule has 1 aliphatic carbocycles. The van der Waals surface area contributed by atoms with Gasteiger partial charge in [0.2, 0.25) is 0 Å². The average molecular weight is 446 g/mol. The molecule has 2 heterocycles. The van der Waals surface area contributed by atoms with Crippen LogP contribution in [0, 0.1) is 18.8 Å². The third-order valence-electron chi connectivity index (χ3n) is 6.09. The predicted octanol–water partition coefficient (Wildman–Crippen LogP) is 4.34. The molecule has 1 aliphatic heterocycles. The van der Waals surface area contributed by atoms with Crippen molar-refractivity contribution in [3.05, 3.63) is 16.1 Å². The van der Waals surface area contributed by atoms with Crippen molar-refractivity contribution in [2.75, 3.05) is 26.2 Å². The van der Waals surface area contributed by atoms with E-state index in [1.54, 1.807) is 11.3 Å². The molecule has 0 spiro atoms. The van der Waals surface area contributed by atoms with Crippen molar-refractivity contribution in [2.45, 2.75) is 71.1 Å². The van der Waals surface area contributed by atoms with Gasteiger partial charge in [-0.3, -0.25) is 9.89 Å². The van der Waals surface area contributed by atoms with Gasteiger partial charge in [0, 0.05) is 31.1 Å². The molecule has 1 saturated heterocycles. The van der Waals surface area contributed by atoms with Crippen LogP contribution in [0.25, 0.3) is 0 Å². The summed E-state index contributed by atoms with van der Waals surface area (Å²) in [6.45, 7) is 8.42. The molecule has 2 unspecified atom stereocenters. The molecule has 0 bridgehead atoms. The Balaban J connectivity index is 1.45. The van der Waals surface area contributed by atoms with E-state index in [9.17, 15) is 13.2 Å². The Bertz CT molecular complexity index is 682. The van der Waals surface area contributed by atoms with E-state index in [1.807, 2.05) is 13.8 Å². The summed E-state index contributed by atoms with van der Waals surface area (Å²) in [7, 11) is 0. The number of aromatic nitrogens is 1. The van der Waals surface area contributed by atoms with Gasteiger partial charge >= 0.3 is 6.18 Å². The molecule has 9 heteroatoms. The first-order valence-electron chi connectivity index (χ1n) is 11.1. The Hall–Kier alpha value is -1.35. The lowest BCUT2D eigenvalue weighted by atomic mass is 9.85. The molecule has 2 atom stereocenters. The van der Waals surface area contributed by atoms with Crippen molar-refractivity contribution in [3.63, 3.8) is 0 Å². The van der Waals surface area contributed by atoms with Crippen LogP contribution in [0.2, 0.25) is 0 Å². The van der Waals surface area contributed by atoms with Crippen LogP contribution in [-0.2, 0) is 6.54 Å². The second kappa shape index (κ2) is 10.8. The van der Waals surface area contributed by atoms with E-state index < -0.39 is 12.1 Å². The lowest BCUT2D eigenvalue weighted by Crippen LogP contribution is -2.47. The zero-order chi connectivity index (χ0) is 21.6. The van der Waals surface area contributed by atoms with E-state index in [0.29, 0.717) is 31.4 Å². The van der Waals surface area contributed by atoms with E-state index in [1.165, 1.54) is 0 Å². The normalized spacial score (nSPS) is 24.8. The molecule has 0 aromatic carbocycles. The van der Waals surface area contributed by atoms with E-state index in [0.717, 1.165) is 49.6 Å². The first-order valence-corrected chi connectivity index (χ1v) is 12.0. The summed E-state index contributed by atoms with van der Waals surface area (Å²) in [5.41, 5.74) is 1.15. The van der Waals surface area contributed by atoms with Gasteiger partial charge in [-0.05, 0) is 65.0 Å². The summed E-state index contributed by atoms with van der Waals surface area (Å²) in [4.78, 5) is 11.7. The average Bonchev–Trinajstić information content (AvgIpc) is 3.11. The molecule has 3 rings (SSSR count). The second-order valence-corrected chi connectivity index (χ2v) is 9.61. The van der Waals surface area contributed by atoms with Gasteiger partial charge in [-0.25, -0.2) is 4.98 Å². The Morgan fingerprint density at radius 1 is 1.27 bits per heavy atom. The van der Waals surface area contributed by atoms with Gasteiger partial charge in [0.05, 0.1) is 16.6 Å². The predicted molar refractivity (Wildman–Crippen MR) is 116 cm³/mol. The van der Waals surface area contributed by atoms with Crippen LogP contribution in [0.3, 0.4) is 0 Å². The van der Waals surface area contributed by atoms with Crippen LogP contribution in [0.5, 0.6) is 0 Å². The van der Waals surface area contributed by atoms with Crippen molar-refractivity contribution >= 4 is 17.3 Å². The van der Waals surface area contributed by atoms with Crippen LogP contribution >= 0.6 is 11.3 Å². The number of guanidine groups is 1. The summed E-state index contributed by atoms with van der Waals surface area (Å²) >= 11 is 1.69. The van der Waals surface area contributed by atoms with Crippen molar-refractivity contribution in [1.29, 1.82) is 0 Å². The molecule has 2 aliphatic rings. The largest absolute Gasteiger partial charge is 0.391 e. The topological polar surface area (TPSA) is 52.6 Å². The van der Waals surface area contributed by atoms with Gasteiger partial charge in [-0.15, -0.1) is 11.3 Å². The van der Waals surface area contributed by atoms with Crippen molar-refractivity contribution in [3.8, 4) is 0 Å². The molecule has 0 radical (unpaired) electrons. The van der Waals surface area contributed by atoms with Crippen LogP contribution < -0.4 is 10.6 Å². The monoisotopic (exact) mass is 445 g/mol. The van der Waals surface area contributed by atoms with Crippen LogP contribution in [0.4, 0.5) is 13.2 Å². The maximum Gasteiger partial charge on any atom is 0.391 e. The highest BCUT2D eigenvalue weighted by molar-refractivity contribution is 7.09. The van der Waals surface area contributed by atoms with Gasteiger partial charge in [0.15, 0.2) is 5.96 Å². The van der Waals surface area contributed by atoms with Crippen LogP contribution in [0.1, 0.15) is 56.2 Å². The number of alkyl halides is 3. The van der Waals surface area contributed by atoms with Gasteiger partial charge in [-0.2, -0.15) is 13.2 Å². The van der Waals surface area contributed by atoms with E-state index in [2.05, 4.69) is 25.9 Å². The number of nitrogens with one attached hydrogen (secondary N) is 2. The number of hydrogen-bond acceptors (Lipinski definition) is 4. The van der Waals surface area contributed by atoms with Gasteiger partial charge in [0.25, 0.3) is 0 Å². The highest BCUT2D eigenvalue weighted by Crippen LogP contribution is 2.37. The Morgan fingerprint density at radius 2 is 2.03 bits per heavy atom. The van der Waals surface area contributed by atoms with Gasteiger partial charge < -0.3 is 10.6 Å². The number of hydrogen-bond donors (Lipinski definition) is 2. The number of rotatable bonds is 6. The Labute approximate surface area is 181 Å². The number of thiazole rings is 1. The summed E-state index contributed by atoms with van der Waals surface area (Å²) in [6, 6.07) is -0.161. The van der Waals surface area contributed by atoms with Gasteiger partial charge in [-0.1, -0.05) is 6.42 Å².